The molecule has 1 unspecified atom stereocenters. The van der Waals surface area contributed by atoms with Gasteiger partial charge in [0.05, 0.1) is 11.6 Å². The van der Waals surface area contributed by atoms with Gasteiger partial charge in [-0.1, -0.05) is 24.3 Å². The lowest BCUT2D eigenvalue weighted by atomic mass is 10.0. The summed E-state index contributed by atoms with van der Waals surface area (Å²) >= 11 is 0. The number of fused-ring (bicyclic) bond motifs is 1. The van der Waals surface area contributed by atoms with Crippen LogP contribution in [0.15, 0.2) is 41.7 Å². The van der Waals surface area contributed by atoms with Crippen LogP contribution in [-0.4, -0.2) is 10.1 Å². The van der Waals surface area contributed by atoms with Crippen LogP contribution in [-0.2, 0) is 0 Å². The van der Waals surface area contributed by atoms with Gasteiger partial charge in [-0.15, -0.1) is 6.58 Å². The van der Waals surface area contributed by atoms with E-state index in [0.29, 0.717) is 12.0 Å². The Bertz CT molecular complexity index is 613. The van der Waals surface area contributed by atoms with Gasteiger partial charge in [-0.3, -0.25) is 4.79 Å². The second kappa shape index (κ2) is 4.55. The number of hydrogen-bond acceptors (Lipinski definition) is 2. The topological polar surface area (TPSA) is 53.1 Å². The van der Waals surface area contributed by atoms with Gasteiger partial charge in [-0.05, 0) is 30.4 Å². The Hall–Kier alpha value is -1.87. The van der Waals surface area contributed by atoms with Gasteiger partial charge in [0.1, 0.15) is 0 Å². The Labute approximate surface area is 99.4 Å². The van der Waals surface area contributed by atoms with Crippen LogP contribution >= 0.6 is 0 Å². The zero-order chi connectivity index (χ0) is 12.4. The van der Waals surface area contributed by atoms with Crippen molar-refractivity contribution in [3.63, 3.8) is 0 Å². The average Bonchev–Trinajstić information content (AvgIpc) is 2.30. The van der Waals surface area contributed by atoms with Crippen LogP contribution in [0.4, 0.5) is 0 Å². The highest BCUT2D eigenvalue weighted by atomic mass is 16.3. The van der Waals surface area contributed by atoms with Crippen molar-refractivity contribution in [3.05, 3.63) is 58.4 Å². The van der Waals surface area contributed by atoms with Crippen LogP contribution < -0.4 is 5.56 Å². The molecule has 0 spiro atoms. The molecule has 0 radical (unpaired) electrons. The first-order valence-electron chi connectivity index (χ1n) is 5.55. The minimum atomic E-state index is -0.791. The van der Waals surface area contributed by atoms with Gasteiger partial charge in [-0.25, -0.2) is 0 Å². The Morgan fingerprint density at radius 2 is 2.29 bits per heavy atom. The summed E-state index contributed by atoms with van der Waals surface area (Å²) in [5, 5.41) is 10.8. The molecule has 3 heteroatoms. The fourth-order valence-electron chi connectivity index (χ4n) is 1.93. The summed E-state index contributed by atoms with van der Waals surface area (Å²) in [6, 6.07) is 7.54. The number of aromatic amines is 1. The average molecular weight is 229 g/mol. The second-order valence-corrected chi connectivity index (χ2v) is 4.13. The third-order valence-corrected chi connectivity index (χ3v) is 2.87. The Balaban J connectivity index is 2.64. The predicted octanol–water partition coefficient (Wildman–Crippen LogP) is 2.45. The van der Waals surface area contributed by atoms with Crippen molar-refractivity contribution in [1.82, 2.24) is 4.98 Å². The number of aryl methyl sites for hydroxylation is 1. The van der Waals surface area contributed by atoms with E-state index < -0.39 is 6.10 Å². The van der Waals surface area contributed by atoms with E-state index >= 15 is 0 Å². The first kappa shape index (κ1) is 11.6. The van der Waals surface area contributed by atoms with Crippen LogP contribution in [0.1, 0.15) is 23.7 Å². The highest BCUT2D eigenvalue weighted by molar-refractivity contribution is 5.81. The quantitative estimate of drug-likeness (QED) is 0.794. The Kier molecular flexibility index (Phi) is 3.11. The maximum absolute atomic E-state index is 11.9. The fraction of sp³-hybridized carbons (Fsp3) is 0.214. The van der Waals surface area contributed by atoms with Crippen LogP contribution in [0.25, 0.3) is 10.9 Å². The minimum Gasteiger partial charge on any atom is -0.388 e. The molecular weight excluding hydrogens is 214 g/mol. The van der Waals surface area contributed by atoms with Crippen molar-refractivity contribution in [3.8, 4) is 0 Å². The lowest BCUT2D eigenvalue weighted by Gasteiger charge is -2.09. The molecule has 88 valence electrons. The van der Waals surface area contributed by atoms with Crippen molar-refractivity contribution < 1.29 is 5.11 Å². The third kappa shape index (κ3) is 2.15. The molecule has 1 aromatic carbocycles. The largest absolute Gasteiger partial charge is 0.388 e. The van der Waals surface area contributed by atoms with Crippen LogP contribution in [0.5, 0.6) is 0 Å². The number of benzene rings is 1. The van der Waals surface area contributed by atoms with Gasteiger partial charge in [0.15, 0.2) is 0 Å². The summed E-state index contributed by atoms with van der Waals surface area (Å²) in [5.74, 6) is 0. The van der Waals surface area contributed by atoms with Gasteiger partial charge in [0.2, 0.25) is 0 Å². The molecule has 2 N–H and O–H groups in total. The number of aliphatic hydroxyl groups excluding tert-OH is 1. The minimum absolute atomic E-state index is 0.235. The Morgan fingerprint density at radius 1 is 1.53 bits per heavy atom. The van der Waals surface area contributed by atoms with Gasteiger partial charge >= 0.3 is 0 Å². The molecule has 1 aromatic heterocycles. The molecular formula is C14H15NO2. The lowest BCUT2D eigenvalue weighted by Crippen LogP contribution is -2.16. The van der Waals surface area contributed by atoms with Crippen molar-refractivity contribution in [2.75, 3.05) is 0 Å². The zero-order valence-electron chi connectivity index (χ0n) is 9.73. The van der Waals surface area contributed by atoms with Gasteiger partial charge in [0.25, 0.3) is 5.56 Å². The summed E-state index contributed by atoms with van der Waals surface area (Å²) in [4.78, 5) is 14.7. The Morgan fingerprint density at radius 3 is 3.00 bits per heavy atom. The monoisotopic (exact) mass is 229 g/mol. The highest BCUT2D eigenvalue weighted by Gasteiger charge is 2.11. The van der Waals surface area contributed by atoms with Crippen LogP contribution in [0, 0.1) is 6.92 Å². The molecule has 0 aliphatic carbocycles. The third-order valence-electron chi connectivity index (χ3n) is 2.87. The maximum Gasteiger partial charge on any atom is 0.254 e. The predicted molar refractivity (Wildman–Crippen MR) is 69.1 cm³/mol. The molecule has 0 saturated heterocycles. The summed E-state index contributed by atoms with van der Waals surface area (Å²) in [6.07, 6.45) is 1.19. The van der Waals surface area contributed by atoms with Crippen LogP contribution in [0.2, 0.25) is 0 Å². The van der Waals surface area contributed by atoms with Crippen molar-refractivity contribution in [2.24, 2.45) is 0 Å². The van der Waals surface area contributed by atoms with Crippen molar-refractivity contribution >= 4 is 10.9 Å². The summed E-state index contributed by atoms with van der Waals surface area (Å²) < 4.78 is 0. The number of nitrogens with one attached hydrogen (secondary N) is 1. The summed E-state index contributed by atoms with van der Waals surface area (Å²) in [5.41, 5.74) is 2.00. The SMILES string of the molecule is C=CCC(O)c1cc2cccc(C)c2[nH]c1=O. The summed E-state index contributed by atoms with van der Waals surface area (Å²) in [6.45, 7) is 5.50. The molecule has 0 fully saturated rings. The molecule has 2 aromatic rings. The molecule has 1 atom stereocenters. The molecule has 0 aliphatic heterocycles. The molecule has 3 nitrogen and oxygen atoms in total. The normalized spacial score (nSPS) is 12.6. The van der Waals surface area contributed by atoms with E-state index in [0.717, 1.165) is 16.5 Å². The highest BCUT2D eigenvalue weighted by Crippen LogP contribution is 2.19. The maximum atomic E-state index is 11.9. The molecule has 2 rings (SSSR count). The number of rotatable bonds is 3. The van der Waals surface area contributed by atoms with E-state index in [4.69, 9.17) is 0 Å². The van der Waals surface area contributed by atoms with Crippen molar-refractivity contribution in [2.45, 2.75) is 19.4 Å². The van der Waals surface area contributed by atoms with E-state index in [1.165, 1.54) is 0 Å². The first-order chi connectivity index (χ1) is 8.13. The molecule has 0 aliphatic rings. The van der Waals surface area contributed by atoms with Gasteiger partial charge in [0, 0.05) is 5.56 Å². The molecule has 1 heterocycles. The molecule has 17 heavy (non-hydrogen) atoms. The van der Waals surface area contributed by atoms with E-state index in [9.17, 15) is 9.90 Å². The van der Waals surface area contributed by atoms with E-state index in [1.807, 2.05) is 25.1 Å². The van der Waals surface area contributed by atoms with E-state index in [2.05, 4.69) is 11.6 Å². The van der Waals surface area contributed by atoms with E-state index in [-0.39, 0.29) is 5.56 Å². The number of H-pyrrole nitrogens is 1. The number of hydrogen-bond donors (Lipinski definition) is 2. The standard InChI is InChI=1S/C14H15NO2/c1-3-5-12(16)11-8-10-7-4-6-9(2)13(10)15-14(11)17/h3-4,6-8,12,16H,1,5H2,2H3,(H,15,17). The number of aliphatic hydroxyl groups is 1. The smallest absolute Gasteiger partial charge is 0.254 e. The van der Waals surface area contributed by atoms with E-state index in [1.54, 1.807) is 12.1 Å². The number of para-hydroxylation sites is 1. The van der Waals surface area contributed by atoms with Gasteiger partial charge in [-0.2, -0.15) is 0 Å². The van der Waals surface area contributed by atoms with Crippen LogP contribution in [0.3, 0.4) is 0 Å². The lowest BCUT2D eigenvalue weighted by molar-refractivity contribution is 0.180. The molecule has 0 amide bonds. The second-order valence-electron chi connectivity index (χ2n) is 4.13. The van der Waals surface area contributed by atoms with Crippen molar-refractivity contribution in [1.29, 1.82) is 0 Å². The molecule has 0 saturated carbocycles. The number of pyridine rings is 1. The number of aromatic nitrogens is 1. The molecule has 0 bridgehead atoms. The first-order valence-corrected chi connectivity index (χ1v) is 5.55. The fourth-order valence-corrected chi connectivity index (χ4v) is 1.93. The summed E-state index contributed by atoms with van der Waals surface area (Å²) in [7, 11) is 0. The zero-order valence-corrected chi connectivity index (χ0v) is 9.73. The van der Waals surface area contributed by atoms with Gasteiger partial charge < -0.3 is 10.1 Å².